The van der Waals surface area contributed by atoms with Gasteiger partial charge in [-0.3, -0.25) is 0 Å². The number of para-hydroxylation sites is 3. The van der Waals surface area contributed by atoms with E-state index in [1.165, 1.54) is 18.2 Å². The average molecular weight is 607 g/mol. The molecular formula is C33H39AlO9. The van der Waals surface area contributed by atoms with Crippen LogP contribution in [0.4, 0.5) is 0 Å². The summed E-state index contributed by atoms with van der Waals surface area (Å²) in [4.78, 5) is 32.0. The van der Waals surface area contributed by atoms with Gasteiger partial charge in [-0.15, -0.1) is 0 Å². The first kappa shape index (κ1) is 39.0. The van der Waals surface area contributed by atoms with Gasteiger partial charge in [-0.25, -0.2) is 0 Å². The van der Waals surface area contributed by atoms with Gasteiger partial charge in [0.25, 0.3) is 0 Å². The number of hydrogen-bond donors (Lipinski definition) is 0. The van der Waals surface area contributed by atoms with E-state index in [1.807, 2.05) is 20.8 Å². The summed E-state index contributed by atoms with van der Waals surface area (Å²) in [5, 5.41) is 32.0. The van der Waals surface area contributed by atoms with Crippen molar-refractivity contribution >= 4 is 35.3 Å². The summed E-state index contributed by atoms with van der Waals surface area (Å²) < 4.78 is 16.0. The maximum atomic E-state index is 10.7. The molecule has 0 unspecified atom stereocenters. The molecule has 9 nitrogen and oxygen atoms in total. The summed E-state index contributed by atoms with van der Waals surface area (Å²) in [7, 11) is 0. The Hall–Kier alpha value is -4.00. The zero-order valence-corrected chi connectivity index (χ0v) is 26.2. The molecule has 0 aliphatic carbocycles. The standard InChI is InChI=1S/3C11H14O3.Al/c3*1-2-3-8-14-10-7-5-4-6-9(10)11(12)13;/h3*4-7H,2-3,8H2,1H3,(H,12,13);/q;;;+3/p-3. The van der Waals surface area contributed by atoms with Crippen LogP contribution in [0.3, 0.4) is 0 Å². The molecule has 0 atom stereocenters. The van der Waals surface area contributed by atoms with Gasteiger partial charge < -0.3 is 43.9 Å². The Morgan fingerprint density at radius 1 is 0.488 bits per heavy atom. The Morgan fingerprint density at radius 2 is 0.721 bits per heavy atom. The Kier molecular flexibility index (Phi) is 21.4. The molecule has 0 amide bonds. The topological polar surface area (TPSA) is 148 Å². The van der Waals surface area contributed by atoms with E-state index < -0.39 is 17.9 Å². The monoisotopic (exact) mass is 606 g/mol. The van der Waals surface area contributed by atoms with Crippen LogP contribution in [-0.4, -0.2) is 55.1 Å². The van der Waals surface area contributed by atoms with Crippen LogP contribution in [-0.2, 0) is 0 Å². The van der Waals surface area contributed by atoms with Crippen molar-refractivity contribution in [1.82, 2.24) is 0 Å². The second-order valence-electron chi connectivity index (χ2n) is 8.96. The minimum atomic E-state index is -1.20. The number of carboxylic acid groups (broad SMARTS) is 3. The van der Waals surface area contributed by atoms with Crippen molar-refractivity contribution in [3.63, 3.8) is 0 Å². The first-order valence-corrected chi connectivity index (χ1v) is 14.1. The summed E-state index contributed by atoms with van der Waals surface area (Å²) in [6, 6.07) is 19.6. The summed E-state index contributed by atoms with van der Waals surface area (Å²) in [5.41, 5.74) is 0.343. The van der Waals surface area contributed by atoms with E-state index in [0.29, 0.717) is 37.1 Å². The number of carbonyl (C=O) groups is 3. The van der Waals surface area contributed by atoms with Crippen LogP contribution in [0, 0.1) is 0 Å². The van der Waals surface area contributed by atoms with E-state index in [1.54, 1.807) is 54.6 Å². The zero-order chi connectivity index (χ0) is 31.2. The molecule has 43 heavy (non-hydrogen) atoms. The molecule has 0 spiro atoms. The minimum absolute atomic E-state index is 0. The van der Waals surface area contributed by atoms with E-state index in [-0.39, 0.29) is 34.1 Å². The average Bonchev–Trinajstić information content (AvgIpc) is 2.99. The largest absolute Gasteiger partial charge is 3.00 e. The van der Waals surface area contributed by atoms with E-state index in [0.717, 1.165) is 38.5 Å². The summed E-state index contributed by atoms with van der Waals surface area (Å²) in [6.45, 7) is 7.78. The molecule has 228 valence electrons. The number of carboxylic acids is 3. The number of rotatable bonds is 15. The Labute approximate surface area is 264 Å². The smallest absolute Gasteiger partial charge is 0.545 e. The molecule has 0 saturated carbocycles. The van der Waals surface area contributed by atoms with Crippen molar-refractivity contribution in [2.75, 3.05) is 19.8 Å². The molecule has 0 bridgehead atoms. The van der Waals surface area contributed by atoms with E-state index in [9.17, 15) is 29.7 Å². The van der Waals surface area contributed by atoms with Crippen LogP contribution in [0.1, 0.15) is 90.4 Å². The second-order valence-corrected chi connectivity index (χ2v) is 8.96. The molecule has 0 radical (unpaired) electrons. The SMILES string of the molecule is CCCCOc1ccccc1C(=O)[O-].CCCCOc1ccccc1C(=O)[O-].CCCCOc1ccccc1C(=O)[O-].[Al+3]. The van der Waals surface area contributed by atoms with E-state index >= 15 is 0 Å². The molecular weight excluding hydrogens is 567 g/mol. The van der Waals surface area contributed by atoms with Crippen molar-refractivity contribution in [2.45, 2.75) is 59.3 Å². The number of unbranched alkanes of at least 4 members (excludes halogenated alkanes) is 3. The van der Waals surface area contributed by atoms with Gasteiger partial charge in [-0.1, -0.05) is 76.4 Å². The van der Waals surface area contributed by atoms with Gasteiger partial charge >= 0.3 is 17.4 Å². The third kappa shape index (κ3) is 15.7. The van der Waals surface area contributed by atoms with Crippen molar-refractivity contribution in [2.24, 2.45) is 0 Å². The molecule has 0 fully saturated rings. The first-order chi connectivity index (χ1) is 20.3. The van der Waals surface area contributed by atoms with Crippen LogP contribution >= 0.6 is 0 Å². The van der Waals surface area contributed by atoms with Crippen LogP contribution in [0.2, 0.25) is 0 Å². The fraction of sp³-hybridized carbons (Fsp3) is 0.364. The molecule has 0 saturated heterocycles. The molecule has 3 rings (SSSR count). The zero-order valence-electron chi connectivity index (χ0n) is 25.0. The summed E-state index contributed by atoms with van der Waals surface area (Å²) in [5.74, 6) is -2.42. The summed E-state index contributed by atoms with van der Waals surface area (Å²) >= 11 is 0. The molecule has 10 heteroatoms. The fourth-order valence-electron chi connectivity index (χ4n) is 3.26. The van der Waals surface area contributed by atoms with E-state index in [2.05, 4.69) is 0 Å². The van der Waals surface area contributed by atoms with Gasteiger partial charge in [0.05, 0.1) is 37.7 Å². The van der Waals surface area contributed by atoms with Gasteiger partial charge in [0.2, 0.25) is 0 Å². The van der Waals surface area contributed by atoms with Crippen molar-refractivity contribution in [1.29, 1.82) is 0 Å². The van der Waals surface area contributed by atoms with Gasteiger partial charge in [0, 0.05) is 16.7 Å². The van der Waals surface area contributed by atoms with Crippen LogP contribution < -0.4 is 29.5 Å². The van der Waals surface area contributed by atoms with Crippen molar-refractivity contribution < 1.29 is 43.9 Å². The molecule has 0 heterocycles. The molecule has 3 aromatic carbocycles. The Balaban J connectivity index is 0.000000608. The van der Waals surface area contributed by atoms with Gasteiger partial charge in [-0.05, 0) is 55.7 Å². The number of ether oxygens (including phenoxy) is 3. The van der Waals surface area contributed by atoms with Gasteiger partial charge in [0.1, 0.15) is 17.2 Å². The maximum Gasteiger partial charge on any atom is 3.00 e. The number of aromatic carboxylic acids is 3. The van der Waals surface area contributed by atoms with Crippen LogP contribution in [0.15, 0.2) is 72.8 Å². The quantitative estimate of drug-likeness (QED) is 0.188. The van der Waals surface area contributed by atoms with Gasteiger partial charge in [-0.2, -0.15) is 0 Å². The Morgan fingerprint density at radius 3 is 0.930 bits per heavy atom. The maximum absolute atomic E-state index is 10.7. The predicted octanol–water partition coefficient (Wildman–Crippen LogP) is 3.31. The van der Waals surface area contributed by atoms with Crippen molar-refractivity contribution in [3.05, 3.63) is 89.5 Å². The molecule has 0 aliphatic rings. The number of hydrogen-bond acceptors (Lipinski definition) is 9. The number of benzene rings is 3. The minimum Gasteiger partial charge on any atom is -0.545 e. The van der Waals surface area contributed by atoms with Crippen LogP contribution in [0.25, 0.3) is 0 Å². The third-order valence-corrected chi connectivity index (χ3v) is 5.59. The normalized spacial score (nSPS) is 9.56. The molecule has 0 N–H and O–H groups in total. The van der Waals surface area contributed by atoms with E-state index in [4.69, 9.17) is 14.2 Å². The molecule has 0 aromatic heterocycles. The third-order valence-electron chi connectivity index (χ3n) is 5.59. The molecule has 3 aromatic rings. The Bertz CT molecular complexity index is 1080. The fourth-order valence-corrected chi connectivity index (χ4v) is 3.26. The second kappa shape index (κ2) is 23.6. The van der Waals surface area contributed by atoms with Gasteiger partial charge in [0.15, 0.2) is 0 Å². The molecule has 0 aliphatic heterocycles. The van der Waals surface area contributed by atoms with Crippen LogP contribution in [0.5, 0.6) is 17.2 Å². The predicted molar refractivity (Wildman–Crippen MR) is 159 cm³/mol. The number of carbonyl (C=O) groups excluding carboxylic acids is 3. The summed E-state index contributed by atoms with van der Waals surface area (Å²) in [6.07, 6.45) is 5.82. The van der Waals surface area contributed by atoms with Crippen molar-refractivity contribution in [3.8, 4) is 17.2 Å². The first-order valence-electron chi connectivity index (χ1n) is 14.1.